The Labute approximate surface area is 124 Å². The summed E-state index contributed by atoms with van der Waals surface area (Å²) >= 11 is 0. The number of likely N-dealkylation sites (tertiary alicyclic amines) is 1. The molecule has 1 N–H and O–H groups in total. The molecule has 1 aliphatic carbocycles. The molecule has 0 aromatic carbocycles. The second-order valence-corrected chi connectivity index (χ2v) is 7.84. The summed E-state index contributed by atoms with van der Waals surface area (Å²) in [6.07, 6.45) is 5.54. The molecule has 20 heavy (non-hydrogen) atoms. The zero-order chi connectivity index (χ0) is 14.8. The van der Waals surface area contributed by atoms with Gasteiger partial charge in [-0.3, -0.25) is 4.90 Å². The summed E-state index contributed by atoms with van der Waals surface area (Å²) in [5.74, 6) is 1.57. The van der Waals surface area contributed by atoms with Crippen LogP contribution in [0.3, 0.4) is 0 Å². The predicted octanol–water partition coefficient (Wildman–Crippen LogP) is 3.05. The molecule has 2 fully saturated rings. The average Bonchev–Trinajstić information content (AvgIpc) is 2.86. The van der Waals surface area contributed by atoms with E-state index < -0.39 is 0 Å². The van der Waals surface area contributed by atoms with Crippen molar-refractivity contribution in [1.29, 1.82) is 5.26 Å². The lowest BCUT2D eigenvalue weighted by molar-refractivity contribution is 0.0712. The summed E-state index contributed by atoms with van der Waals surface area (Å²) < 4.78 is 0. The third kappa shape index (κ3) is 3.54. The summed E-state index contributed by atoms with van der Waals surface area (Å²) in [5, 5.41) is 18.6. The number of rotatable bonds is 3. The van der Waals surface area contributed by atoms with Crippen molar-refractivity contribution in [3.8, 4) is 6.07 Å². The van der Waals surface area contributed by atoms with Gasteiger partial charge in [0.05, 0.1) is 12.0 Å². The van der Waals surface area contributed by atoms with Crippen molar-refractivity contribution in [3.63, 3.8) is 0 Å². The summed E-state index contributed by atoms with van der Waals surface area (Å²) in [6, 6.07) is 3.00. The van der Waals surface area contributed by atoms with E-state index in [1.807, 2.05) is 0 Å². The Morgan fingerprint density at radius 3 is 2.60 bits per heavy atom. The van der Waals surface area contributed by atoms with Crippen LogP contribution in [-0.4, -0.2) is 35.7 Å². The summed E-state index contributed by atoms with van der Waals surface area (Å²) in [7, 11) is 0. The molecule has 3 heteroatoms. The standard InChI is InChI=1S/C17H30N2O/c1-17(2,3)15-5-4-14(11-18)16(10-15)19-8-6-13(12-19)7-9-20/h13-16,20H,4-10,12H2,1-3H3. The second-order valence-electron chi connectivity index (χ2n) is 7.84. The molecule has 0 aromatic heterocycles. The normalized spacial score (nSPS) is 36.0. The fourth-order valence-corrected chi connectivity index (χ4v) is 4.07. The zero-order valence-corrected chi connectivity index (χ0v) is 13.3. The van der Waals surface area contributed by atoms with Gasteiger partial charge in [-0.15, -0.1) is 0 Å². The summed E-state index contributed by atoms with van der Waals surface area (Å²) in [6.45, 7) is 9.50. The number of hydrogen-bond donors (Lipinski definition) is 1. The van der Waals surface area contributed by atoms with Gasteiger partial charge >= 0.3 is 0 Å². The number of nitrogens with zero attached hydrogens (tertiary/aromatic N) is 2. The van der Waals surface area contributed by atoms with Gasteiger partial charge in [-0.25, -0.2) is 0 Å². The molecule has 2 aliphatic rings. The predicted molar refractivity (Wildman–Crippen MR) is 81.1 cm³/mol. The van der Waals surface area contributed by atoms with Gasteiger partial charge in [-0.1, -0.05) is 20.8 Å². The molecule has 114 valence electrons. The van der Waals surface area contributed by atoms with E-state index >= 15 is 0 Å². The molecule has 0 amide bonds. The van der Waals surface area contributed by atoms with Crippen molar-refractivity contribution in [2.24, 2.45) is 23.2 Å². The Morgan fingerprint density at radius 2 is 2.00 bits per heavy atom. The van der Waals surface area contributed by atoms with Gasteiger partial charge in [0.25, 0.3) is 0 Å². The maximum Gasteiger partial charge on any atom is 0.0672 e. The molecule has 2 rings (SSSR count). The van der Waals surface area contributed by atoms with Crippen LogP contribution >= 0.6 is 0 Å². The highest BCUT2D eigenvalue weighted by Crippen LogP contribution is 2.42. The van der Waals surface area contributed by atoms with Crippen molar-refractivity contribution in [1.82, 2.24) is 4.90 Å². The molecule has 0 spiro atoms. The maximum absolute atomic E-state index is 9.46. The van der Waals surface area contributed by atoms with Crippen LogP contribution in [0.15, 0.2) is 0 Å². The van der Waals surface area contributed by atoms with Gasteiger partial charge in [-0.05, 0) is 55.9 Å². The van der Waals surface area contributed by atoms with E-state index in [1.54, 1.807) is 0 Å². The van der Waals surface area contributed by atoms with Crippen molar-refractivity contribution >= 4 is 0 Å². The first-order valence-corrected chi connectivity index (χ1v) is 8.20. The topological polar surface area (TPSA) is 47.3 Å². The van der Waals surface area contributed by atoms with E-state index in [-0.39, 0.29) is 5.92 Å². The van der Waals surface area contributed by atoms with Gasteiger partial charge < -0.3 is 5.11 Å². The second kappa shape index (κ2) is 6.45. The minimum Gasteiger partial charge on any atom is -0.396 e. The van der Waals surface area contributed by atoms with Gasteiger partial charge in [-0.2, -0.15) is 5.26 Å². The third-order valence-electron chi connectivity index (χ3n) is 5.53. The molecule has 4 unspecified atom stereocenters. The molecule has 0 bridgehead atoms. The highest BCUT2D eigenvalue weighted by atomic mass is 16.3. The maximum atomic E-state index is 9.46. The Morgan fingerprint density at radius 1 is 1.25 bits per heavy atom. The van der Waals surface area contributed by atoms with Crippen LogP contribution in [0.4, 0.5) is 0 Å². The third-order valence-corrected chi connectivity index (χ3v) is 5.53. The number of aliphatic hydroxyl groups excluding tert-OH is 1. The molecule has 4 atom stereocenters. The smallest absolute Gasteiger partial charge is 0.0672 e. The molecule has 1 saturated heterocycles. The van der Waals surface area contributed by atoms with Crippen molar-refractivity contribution < 1.29 is 5.11 Å². The van der Waals surface area contributed by atoms with Crippen LogP contribution in [0.5, 0.6) is 0 Å². The van der Waals surface area contributed by atoms with E-state index in [4.69, 9.17) is 5.11 Å². The van der Waals surface area contributed by atoms with Crippen LogP contribution in [0.1, 0.15) is 52.9 Å². The van der Waals surface area contributed by atoms with Crippen molar-refractivity contribution in [2.45, 2.75) is 58.9 Å². The first kappa shape index (κ1) is 15.8. The fraction of sp³-hybridized carbons (Fsp3) is 0.941. The van der Waals surface area contributed by atoms with E-state index in [0.29, 0.717) is 24.0 Å². The van der Waals surface area contributed by atoms with Crippen molar-refractivity contribution in [3.05, 3.63) is 0 Å². The van der Waals surface area contributed by atoms with Gasteiger partial charge in [0.2, 0.25) is 0 Å². The first-order chi connectivity index (χ1) is 9.45. The molecular formula is C17H30N2O. The average molecular weight is 278 g/mol. The largest absolute Gasteiger partial charge is 0.396 e. The van der Waals surface area contributed by atoms with Gasteiger partial charge in [0.15, 0.2) is 0 Å². The molecule has 3 nitrogen and oxygen atoms in total. The number of hydrogen-bond acceptors (Lipinski definition) is 3. The monoisotopic (exact) mass is 278 g/mol. The van der Waals surface area contributed by atoms with Gasteiger partial charge in [0.1, 0.15) is 0 Å². The van der Waals surface area contributed by atoms with E-state index in [1.165, 1.54) is 19.3 Å². The molecule has 1 heterocycles. The lowest BCUT2D eigenvalue weighted by atomic mass is 9.68. The lowest BCUT2D eigenvalue weighted by Crippen LogP contribution is -2.45. The highest BCUT2D eigenvalue weighted by molar-refractivity contribution is 5.00. The Balaban J connectivity index is 2.01. The van der Waals surface area contributed by atoms with Crippen LogP contribution in [0.2, 0.25) is 0 Å². The summed E-state index contributed by atoms with van der Waals surface area (Å²) in [4.78, 5) is 2.55. The highest BCUT2D eigenvalue weighted by Gasteiger charge is 2.40. The minimum absolute atomic E-state index is 0.210. The lowest BCUT2D eigenvalue weighted by Gasteiger charge is -2.43. The molecule has 1 saturated carbocycles. The van der Waals surface area contributed by atoms with E-state index in [2.05, 4.69) is 31.7 Å². The first-order valence-electron chi connectivity index (χ1n) is 8.20. The number of aliphatic hydroxyl groups is 1. The van der Waals surface area contributed by atoms with Crippen LogP contribution in [-0.2, 0) is 0 Å². The van der Waals surface area contributed by atoms with Crippen LogP contribution < -0.4 is 0 Å². The minimum atomic E-state index is 0.210. The SMILES string of the molecule is CC(C)(C)C1CCC(C#N)C(N2CCC(CCO)C2)C1. The molecule has 0 aromatic rings. The summed E-state index contributed by atoms with van der Waals surface area (Å²) in [5.41, 5.74) is 0.350. The quantitative estimate of drug-likeness (QED) is 0.863. The Kier molecular flexibility index (Phi) is 5.09. The van der Waals surface area contributed by atoms with E-state index in [9.17, 15) is 5.26 Å². The van der Waals surface area contributed by atoms with Crippen LogP contribution in [0.25, 0.3) is 0 Å². The molecule has 1 aliphatic heterocycles. The molecule has 0 radical (unpaired) electrons. The Bertz CT molecular complexity index is 355. The molecular weight excluding hydrogens is 248 g/mol. The van der Waals surface area contributed by atoms with Crippen LogP contribution in [0, 0.1) is 34.5 Å². The van der Waals surface area contributed by atoms with Crippen molar-refractivity contribution in [2.75, 3.05) is 19.7 Å². The Hall–Kier alpha value is -0.590. The van der Waals surface area contributed by atoms with Gasteiger partial charge in [0, 0.05) is 19.2 Å². The fourth-order valence-electron chi connectivity index (χ4n) is 4.07. The van der Waals surface area contributed by atoms with E-state index in [0.717, 1.165) is 31.8 Å². The number of nitriles is 1. The zero-order valence-electron chi connectivity index (χ0n) is 13.3.